The molecule has 0 bridgehead atoms. The highest BCUT2D eigenvalue weighted by Crippen LogP contribution is 2.60. The summed E-state index contributed by atoms with van der Waals surface area (Å²) in [4.78, 5) is 0. The van der Waals surface area contributed by atoms with Crippen LogP contribution in [0.4, 0.5) is 8.78 Å². The Kier molecular flexibility index (Phi) is 1.84. The lowest BCUT2D eigenvalue weighted by Gasteiger charge is -1.96. The third-order valence-corrected chi connectivity index (χ3v) is 2.61. The molecule has 0 saturated heterocycles. The van der Waals surface area contributed by atoms with Gasteiger partial charge in [0, 0.05) is 12.5 Å². The topological polar surface area (TPSA) is 26.0 Å². The SMILES string of the molecule is NC[C@H]1[C@H](c2ccccc2)C1(F)F. The first kappa shape index (κ1) is 8.63. The molecule has 70 valence electrons. The molecule has 0 spiro atoms. The van der Waals surface area contributed by atoms with E-state index in [0.717, 1.165) is 0 Å². The lowest BCUT2D eigenvalue weighted by Crippen LogP contribution is -2.06. The first-order chi connectivity index (χ1) is 6.18. The molecule has 1 fully saturated rings. The van der Waals surface area contributed by atoms with Gasteiger partial charge >= 0.3 is 0 Å². The fourth-order valence-corrected chi connectivity index (χ4v) is 1.80. The van der Waals surface area contributed by atoms with Crippen LogP contribution in [0.5, 0.6) is 0 Å². The minimum Gasteiger partial charge on any atom is -0.330 e. The third kappa shape index (κ3) is 1.23. The standard InChI is InChI=1S/C10H11F2N/c11-10(12)8(6-13)9(10)7-4-2-1-3-5-7/h1-5,8-9H,6,13H2/t8-,9-/m0/s1. The van der Waals surface area contributed by atoms with Crippen LogP contribution >= 0.6 is 0 Å². The van der Waals surface area contributed by atoms with Crippen LogP contribution < -0.4 is 5.73 Å². The summed E-state index contributed by atoms with van der Waals surface area (Å²) in [6, 6.07) is 8.83. The molecule has 2 N–H and O–H groups in total. The maximum atomic E-state index is 13.1. The molecule has 13 heavy (non-hydrogen) atoms. The second kappa shape index (κ2) is 2.77. The van der Waals surface area contributed by atoms with Crippen LogP contribution in [0.25, 0.3) is 0 Å². The Bertz CT molecular complexity index is 297. The van der Waals surface area contributed by atoms with Gasteiger partial charge in [0.15, 0.2) is 0 Å². The molecule has 1 aliphatic rings. The number of nitrogens with two attached hydrogens (primary N) is 1. The zero-order valence-corrected chi connectivity index (χ0v) is 7.08. The Labute approximate surface area is 75.6 Å². The smallest absolute Gasteiger partial charge is 0.260 e. The van der Waals surface area contributed by atoms with Gasteiger partial charge in [0.1, 0.15) is 0 Å². The lowest BCUT2D eigenvalue weighted by molar-refractivity contribution is 0.0947. The van der Waals surface area contributed by atoms with Crippen molar-refractivity contribution in [1.29, 1.82) is 0 Å². The van der Waals surface area contributed by atoms with Gasteiger partial charge in [-0.2, -0.15) is 0 Å². The summed E-state index contributed by atoms with van der Waals surface area (Å²) in [5.41, 5.74) is 5.95. The first-order valence-corrected chi connectivity index (χ1v) is 4.30. The van der Waals surface area contributed by atoms with Gasteiger partial charge in [-0.3, -0.25) is 0 Å². The minimum absolute atomic E-state index is 0.0621. The van der Waals surface area contributed by atoms with E-state index in [1.807, 2.05) is 6.07 Å². The molecule has 0 amide bonds. The van der Waals surface area contributed by atoms with E-state index in [2.05, 4.69) is 0 Å². The van der Waals surface area contributed by atoms with Crippen LogP contribution in [0, 0.1) is 5.92 Å². The Balaban J connectivity index is 2.22. The van der Waals surface area contributed by atoms with Crippen LogP contribution in [-0.4, -0.2) is 12.5 Å². The van der Waals surface area contributed by atoms with Crippen LogP contribution in [0.3, 0.4) is 0 Å². The fourth-order valence-electron chi connectivity index (χ4n) is 1.80. The van der Waals surface area contributed by atoms with Crippen molar-refractivity contribution in [2.45, 2.75) is 11.8 Å². The number of hydrogen-bond donors (Lipinski definition) is 1. The maximum absolute atomic E-state index is 13.1. The molecule has 0 radical (unpaired) electrons. The second-order valence-corrected chi connectivity index (χ2v) is 3.41. The van der Waals surface area contributed by atoms with E-state index in [-0.39, 0.29) is 6.54 Å². The summed E-state index contributed by atoms with van der Waals surface area (Å²) in [6.45, 7) is 0.0621. The minimum atomic E-state index is -2.59. The van der Waals surface area contributed by atoms with Gasteiger partial charge in [0.25, 0.3) is 5.92 Å². The molecule has 1 saturated carbocycles. The van der Waals surface area contributed by atoms with Gasteiger partial charge < -0.3 is 5.73 Å². The number of halogens is 2. The fraction of sp³-hybridized carbons (Fsp3) is 0.400. The van der Waals surface area contributed by atoms with Crippen molar-refractivity contribution in [1.82, 2.24) is 0 Å². The summed E-state index contributed by atoms with van der Waals surface area (Å²) in [5, 5.41) is 0. The van der Waals surface area contributed by atoms with Gasteiger partial charge in [-0.1, -0.05) is 30.3 Å². The third-order valence-electron chi connectivity index (χ3n) is 2.61. The van der Waals surface area contributed by atoms with Crippen LogP contribution in [0.15, 0.2) is 30.3 Å². The van der Waals surface area contributed by atoms with Gasteiger partial charge in [-0.05, 0) is 5.56 Å². The highest BCUT2D eigenvalue weighted by atomic mass is 19.3. The number of benzene rings is 1. The summed E-state index contributed by atoms with van der Waals surface area (Å²) in [7, 11) is 0. The molecule has 1 aliphatic carbocycles. The van der Waals surface area contributed by atoms with Crippen molar-refractivity contribution in [3.63, 3.8) is 0 Å². The quantitative estimate of drug-likeness (QED) is 0.745. The predicted octanol–water partition coefficient (Wildman–Crippen LogP) is 1.99. The van der Waals surface area contributed by atoms with E-state index in [4.69, 9.17) is 5.73 Å². The van der Waals surface area contributed by atoms with Gasteiger partial charge in [-0.15, -0.1) is 0 Å². The van der Waals surface area contributed by atoms with Crippen molar-refractivity contribution < 1.29 is 8.78 Å². The van der Waals surface area contributed by atoms with E-state index in [0.29, 0.717) is 5.56 Å². The molecular weight excluding hydrogens is 172 g/mol. The summed E-state index contributed by atoms with van der Waals surface area (Å²) >= 11 is 0. The monoisotopic (exact) mass is 183 g/mol. The molecule has 0 aromatic heterocycles. The first-order valence-electron chi connectivity index (χ1n) is 4.30. The van der Waals surface area contributed by atoms with Gasteiger partial charge in [0.05, 0.1) is 5.92 Å². The largest absolute Gasteiger partial charge is 0.330 e. The van der Waals surface area contributed by atoms with E-state index in [1.165, 1.54) is 0 Å². The van der Waals surface area contributed by atoms with Crippen molar-refractivity contribution in [3.05, 3.63) is 35.9 Å². The maximum Gasteiger partial charge on any atom is 0.260 e. The molecular formula is C10H11F2N. The Morgan fingerprint density at radius 1 is 1.23 bits per heavy atom. The van der Waals surface area contributed by atoms with E-state index >= 15 is 0 Å². The molecule has 1 aromatic carbocycles. The number of rotatable bonds is 2. The van der Waals surface area contributed by atoms with Crippen molar-refractivity contribution in [2.24, 2.45) is 11.7 Å². The summed E-state index contributed by atoms with van der Waals surface area (Å²) in [5.74, 6) is -3.90. The summed E-state index contributed by atoms with van der Waals surface area (Å²) in [6.07, 6.45) is 0. The zero-order chi connectivity index (χ0) is 9.47. The molecule has 3 heteroatoms. The molecule has 0 aliphatic heterocycles. The van der Waals surface area contributed by atoms with E-state index in [1.54, 1.807) is 24.3 Å². The Morgan fingerprint density at radius 3 is 2.31 bits per heavy atom. The molecule has 0 heterocycles. The van der Waals surface area contributed by atoms with Gasteiger partial charge in [0.2, 0.25) is 0 Å². The number of hydrogen-bond acceptors (Lipinski definition) is 1. The number of alkyl halides is 2. The molecule has 2 rings (SSSR count). The van der Waals surface area contributed by atoms with Gasteiger partial charge in [-0.25, -0.2) is 8.78 Å². The van der Waals surface area contributed by atoms with Crippen LogP contribution in [-0.2, 0) is 0 Å². The highest BCUT2D eigenvalue weighted by molar-refractivity contribution is 5.32. The normalized spacial score (nSPS) is 30.1. The van der Waals surface area contributed by atoms with E-state index in [9.17, 15) is 8.78 Å². The second-order valence-electron chi connectivity index (χ2n) is 3.41. The lowest BCUT2D eigenvalue weighted by atomic mass is 10.1. The zero-order valence-electron chi connectivity index (χ0n) is 7.08. The van der Waals surface area contributed by atoms with Crippen LogP contribution in [0.2, 0.25) is 0 Å². The van der Waals surface area contributed by atoms with Crippen molar-refractivity contribution in [2.75, 3.05) is 6.54 Å². The van der Waals surface area contributed by atoms with Crippen molar-refractivity contribution in [3.8, 4) is 0 Å². The molecule has 2 atom stereocenters. The average molecular weight is 183 g/mol. The molecule has 1 aromatic rings. The predicted molar refractivity (Wildman–Crippen MR) is 46.7 cm³/mol. The highest BCUT2D eigenvalue weighted by Gasteiger charge is 2.67. The van der Waals surface area contributed by atoms with E-state index < -0.39 is 17.8 Å². The molecule has 1 nitrogen and oxygen atoms in total. The Hall–Kier alpha value is -0.960. The van der Waals surface area contributed by atoms with Crippen molar-refractivity contribution >= 4 is 0 Å². The summed E-state index contributed by atoms with van der Waals surface area (Å²) < 4.78 is 26.1. The molecule has 0 unspecified atom stereocenters. The van der Waals surface area contributed by atoms with Crippen LogP contribution in [0.1, 0.15) is 11.5 Å². The average Bonchev–Trinajstić information content (AvgIpc) is 2.69. The Morgan fingerprint density at radius 2 is 1.85 bits per heavy atom.